The van der Waals surface area contributed by atoms with Gasteiger partial charge < -0.3 is 23.8 Å². The van der Waals surface area contributed by atoms with Gasteiger partial charge in [0.15, 0.2) is 0 Å². The Balaban J connectivity index is 0.000000738. The number of aliphatic hydroxyl groups is 1. The first-order chi connectivity index (χ1) is 23.8. The summed E-state index contributed by atoms with van der Waals surface area (Å²) >= 11 is 3.23. The first kappa shape index (κ1) is 38.6. The average molecular weight is 712 g/mol. The quantitative estimate of drug-likeness (QED) is 0.129. The van der Waals surface area contributed by atoms with Crippen LogP contribution in [-0.2, 0) is 23.5 Å². The van der Waals surface area contributed by atoms with Gasteiger partial charge in [0.1, 0.15) is 11.5 Å². The van der Waals surface area contributed by atoms with E-state index in [1.54, 1.807) is 44.7 Å². The van der Waals surface area contributed by atoms with Crippen molar-refractivity contribution in [3.63, 3.8) is 0 Å². The molecule has 5 aromatic rings. The van der Waals surface area contributed by atoms with E-state index in [1.807, 2.05) is 50.2 Å². The normalized spacial score (nSPS) is 11.8. The highest BCUT2D eigenvalue weighted by Gasteiger charge is 2.30. The molecule has 6 rings (SSSR count). The second-order valence-electron chi connectivity index (χ2n) is 13.0. The van der Waals surface area contributed by atoms with E-state index in [9.17, 15) is 9.90 Å². The van der Waals surface area contributed by atoms with Crippen molar-refractivity contribution in [3.8, 4) is 33.5 Å². The van der Waals surface area contributed by atoms with Gasteiger partial charge in [-0.3, -0.25) is 4.79 Å². The lowest BCUT2D eigenvalue weighted by Crippen LogP contribution is -2.22. The molecule has 1 aliphatic heterocycles. The number of carbonyl (C=O) groups is 1. The number of carboxylic acid groups (broad SMARTS) is 1. The number of carboxylic acids is 1. The van der Waals surface area contributed by atoms with E-state index < -0.39 is 11.6 Å². The van der Waals surface area contributed by atoms with Gasteiger partial charge >= 0.3 is 5.97 Å². The summed E-state index contributed by atoms with van der Waals surface area (Å²) in [4.78, 5) is 12.1. The number of fused-ring (bicyclic) bond motifs is 3. The van der Waals surface area contributed by atoms with Crippen molar-refractivity contribution in [2.75, 3.05) is 15.3 Å². The van der Waals surface area contributed by atoms with Crippen molar-refractivity contribution in [2.24, 2.45) is 0 Å². The minimum atomic E-state index is -0.825. The predicted molar refractivity (Wildman–Crippen MR) is 213 cm³/mol. The summed E-state index contributed by atoms with van der Waals surface area (Å²) in [7, 11) is 0. The van der Waals surface area contributed by atoms with Gasteiger partial charge in [0.05, 0.1) is 30.0 Å². The van der Waals surface area contributed by atoms with Gasteiger partial charge in [-0.05, 0) is 105 Å². The predicted octanol–water partition coefficient (Wildman–Crippen LogP) is 10.9. The van der Waals surface area contributed by atoms with Crippen molar-refractivity contribution in [3.05, 3.63) is 112 Å². The Bertz CT molecular complexity index is 1890. The average Bonchev–Trinajstić information content (AvgIpc) is 3.56. The van der Waals surface area contributed by atoms with Crippen LogP contribution < -0.4 is 9.03 Å². The number of aryl methyl sites for hydroxylation is 1. The summed E-state index contributed by atoms with van der Waals surface area (Å²) in [5.74, 6) is 0.603. The van der Waals surface area contributed by atoms with Crippen LogP contribution in [0.5, 0.6) is 0 Å². The maximum atomic E-state index is 12.1. The molecule has 4 aromatic carbocycles. The Morgan fingerprint density at radius 1 is 0.920 bits per heavy atom. The number of hydrogen-bond donors (Lipinski definition) is 3. The van der Waals surface area contributed by atoms with Gasteiger partial charge in [-0.25, -0.2) is 0 Å². The lowest BCUT2D eigenvalue weighted by molar-refractivity contribution is -0.136. The Hall–Kier alpha value is -4.18. The third kappa shape index (κ3) is 9.53. The van der Waals surface area contributed by atoms with Gasteiger partial charge in [0.25, 0.3) is 0 Å². The minimum Gasteiger partial charge on any atom is -0.481 e. The number of hydrogen-bond acceptors (Lipinski definition) is 8. The molecule has 1 aliphatic rings. The van der Waals surface area contributed by atoms with Crippen LogP contribution in [0, 0.1) is 20.8 Å². The zero-order valence-electron chi connectivity index (χ0n) is 30.5. The van der Waals surface area contributed by atoms with E-state index in [1.165, 1.54) is 16.7 Å². The zero-order valence-corrected chi connectivity index (χ0v) is 32.2. The SMILES string of the molecule is CC.CC(C)(C)O.CSN1Cc2ccc(NSCc3cc(-c4ccccc4)no3)cc2-c2c(C)c(-c3ccc(C)cc3)c(CC(=O)O)c(C)c21. The number of aromatic nitrogens is 1. The highest BCUT2D eigenvalue weighted by molar-refractivity contribution is 8.00. The van der Waals surface area contributed by atoms with Crippen LogP contribution in [0.2, 0.25) is 0 Å². The molecule has 0 spiro atoms. The first-order valence-corrected chi connectivity index (χ1v) is 19.0. The summed E-state index contributed by atoms with van der Waals surface area (Å²) in [6, 6.07) is 26.9. The summed E-state index contributed by atoms with van der Waals surface area (Å²) in [6.45, 7) is 16.2. The molecule has 0 bridgehead atoms. The molecule has 0 radical (unpaired) electrons. The van der Waals surface area contributed by atoms with E-state index in [-0.39, 0.29) is 6.42 Å². The molecular formula is C41H49N3O4S2. The summed E-state index contributed by atoms with van der Waals surface area (Å²) in [5, 5.41) is 22.7. The highest BCUT2D eigenvalue weighted by atomic mass is 32.2. The molecule has 9 heteroatoms. The monoisotopic (exact) mass is 711 g/mol. The number of benzene rings is 4. The van der Waals surface area contributed by atoms with Crippen LogP contribution in [0.25, 0.3) is 33.5 Å². The first-order valence-electron chi connectivity index (χ1n) is 16.8. The van der Waals surface area contributed by atoms with Crippen molar-refractivity contribution < 1.29 is 19.5 Å². The van der Waals surface area contributed by atoms with Crippen LogP contribution in [0.4, 0.5) is 11.4 Å². The molecule has 7 nitrogen and oxygen atoms in total. The number of rotatable bonds is 9. The molecule has 0 fully saturated rings. The van der Waals surface area contributed by atoms with Gasteiger partial charge in [-0.2, -0.15) is 0 Å². The van der Waals surface area contributed by atoms with Crippen LogP contribution in [0.3, 0.4) is 0 Å². The van der Waals surface area contributed by atoms with Crippen LogP contribution in [-0.4, -0.2) is 33.2 Å². The Labute approximate surface area is 305 Å². The molecule has 1 aromatic heterocycles. The smallest absolute Gasteiger partial charge is 0.307 e. The van der Waals surface area contributed by atoms with Crippen molar-refractivity contribution in [1.82, 2.24) is 5.16 Å². The van der Waals surface area contributed by atoms with Crippen LogP contribution in [0.15, 0.2) is 83.4 Å². The Morgan fingerprint density at radius 3 is 2.20 bits per heavy atom. The lowest BCUT2D eigenvalue weighted by Gasteiger charge is -2.36. The molecule has 0 unspecified atom stereocenters. The maximum absolute atomic E-state index is 12.1. The van der Waals surface area contributed by atoms with Crippen LogP contribution >= 0.6 is 23.9 Å². The van der Waals surface area contributed by atoms with Gasteiger partial charge in [-0.1, -0.05) is 97.2 Å². The summed E-state index contributed by atoms with van der Waals surface area (Å²) < 4.78 is 11.4. The molecule has 50 heavy (non-hydrogen) atoms. The number of anilines is 2. The topological polar surface area (TPSA) is 98.8 Å². The zero-order chi connectivity index (χ0) is 36.6. The largest absolute Gasteiger partial charge is 0.481 e. The fourth-order valence-corrected chi connectivity index (χ4v) is 7.21. The van der Waals surface area contributed by atoms with Crippen molar-refractivity contribution in [2.45, 2.75) is 79.7 Å². The molecule has 0 aliphatic carbocycles. The van der Waals surface area contributed by atoms with Gasteiger partial charge in [0.2, 0.25) is 0 Å². The molecular weight excluding hydrogens is 663 g/mol. The van der Waals surface area contributed by atoms with Crippen LogP contribution in [0.1, 0.15) is 68.2 Å². The fraction of sp³-hybridized carbons (Fsp3) is 0.317. The van der Waals surface area contributed by atoms with Crippen molar-refractivity contribution in [1.29, 1.82) is 0 Å². The van der Waals surface area contributed by atoms with E-state index in [0.29, 0.717) is 5.75 Å². The molecule has 0 amide bonds. The summed E-state index contributed by atoms with van der Waals surface area (Å²) in [5.41, 5.74) is 13.3. The molecule has 2 heterocycles. The Kier molecular flexibility index (Phi) is 13.3. The molecule has 0 saturated carbocycles. The molecule has 0 saturated heterocycles. The van der Waals surface area contributed by atoms with E-state index in [0.717, 1.165) is 68.3 Å². The summed E-state index contributed by atoms with van der Waals surface area (Å²) in [6.07, 6.45) is 2.05. The second-order valence-corrected chi connectivity index (χ2v) is 14.5. The Morgan fingerprint density at radius 2 is 1.58 bits per heavy atom. The maximum Gasteiger partial charge on any atom is 0.307 e. The standard InChI is InChI=1S/C35H33N3O3S2.C4H10O.C2H6/c1-21-10-12-25(13-11-21)33-23(3)34-30-16-27(37-43-20-28-17-31(36-41-28)24-8-6-5-7-9-24)15-14-26(30)19-38(42-4)35(34)22(2)29(33)18-32(39)40;1-4(2,3)5;1-2/h5-17,37H,18-20H2,1-4H3,(H,39,40);5H,1-3H3;1-2H3. The minimum absolute atomic E-state index is 0.0237. The fourth-order valence-electron chi connectivity index (χ4n) is 5.89. The van der Waals surface area contributed by atoms with Crippen molar-refractivity contribution >= 4 is 41.2 Å². The third-order valence-corrected chi connectivity index (χ3v) is 9.52. The molecule has 3 N–H and O–H groups in total. The van der Waals surface area contributed by atoms with Gasteiger partial charge in [-0.15, -0.1) is 0 Å². The number of aliphatic carboxylic acids is 1. The van der Waals surface area contributed by atoms with E-state index in [2.05, 4.69) is 83.7 Å². The van der Waals surface area contributed by atoms with Gasteiger partial charge in [0, 0.05) is 29.1 Å². The highest BCUT2D eigenvalue weighted by Crippen LogP contribution is 2.50. The van der Waals surface area contributed by atoms with E-state index in [4.69, 9.17) is 9.63 Å². The lowest BCUT2D eigenvalue weighted by atomic mass is 9.81. The molecule has 264 valence electrons. The number of nitrogens with zero attached hydrogens (tertiary/aromatic N) is 2. The molecule has 0 atom stereocenters. The number of nitrogens with one attached hydrogen (secondary N) is 1. The third-order valence-electron chi connectivity index (χ3n) is 7.96. The van der Waals surface area contributed by atoms with E-state index >= 15 is 0 Å². The second kappa shape index (κ2) is 17.2.